The normalized spacial score (nSPS) is 24.1. The number of nitrogens with zero attached hydrogens (tertiary/aromatic N) is 1. The summed E-state index contributed by atoms with van der Waals surface area (Å²) < 4.78 is 23.5. The maximum Gasteiger partial charge on any atom is 0.179 e. The van der Waals surface area contributed by atoms with Gasteiger partial charge in [0.1, 0.15) is 10.7 Å². The van der Waals surface area contributed by atoms with Crippen LogP contribution >= 0.6 is 11.6 Å². The van der Waals surface area contributed by atoms with Crippen LogP contribution in [0.4, 0.5) is 5.82 Å². The van der Waals surface area contributed by atoms with Gasteiger partial charge in [0, 0.05) is 24.4 Å². The first-order valence-electron chi connectivity index (χ1n) is 6.50. The summed E-state index contributed by atoms with van der Waals surface area (Å²) in [6, 6.07) is 3.44. The lowest BCUT2D eigenvalue weighted by molar-refractivity contribution is 0.352. The molecule has 0 radical (unpaired) electrons. The zero-order chi connectivity index (χ0) is 13.9. The fourth-order valence-corrected chi connectivity index (χ4v) is 3.71. The summed E-state index contributed by atoms with van der Waals surface area (Å²) in [6.07, 6.45) is 7.24. The fraction of sp³-hybridized carbons (Fsp3) is 0.615. The molecule has 0 bridgehead atoms. The third kappa shape index (κ3) is 3.60. The average Bonchev–Trinajstić information content (AvgIpc) is 2.39. The Hall–Kier alpha value is -0.810. The maximum absolute atomic E-state index is 11.7. The molecule has 4 nitrogen and oxygen atoms in total. The molecule has 1 aromatic rings. The van der Waals surface area contributed by atoms with Crippen molar-refractivity contribution in [3.8, 4) is 0 Å². The molecule has 1 aliphatic rings. The highest BCUT2D eigenvalue weighted by Crippen LogP contribution is 2.29. The van der Waals surface area contributed by atoms with Crippen molar-refractivity contribution in [3.63, 3.8) is 0 Å². The highest BCUT2D eigenvalue weighted by Gasteiger charge is 2.26. The van der Waals surface area contributed by atoms with E-state index < -0.39 is 9.84 Å². The molecule has 0 amide bonds. The van der Waals surface area contributed by atoms with Crippen molar-refractivity contribution >= 4 is 27.3 Å². The maximum atomic E-state index is 11.7. The van der Waals surface area contributed by atoms with Crippen LogP contribution in [0.1, 0.15) is 25.7 Å². The van der Waals surface area contributed by atoms with Gasteiger partial charge in [-0.1, -0.05) is 12.8 Å². The van der Waals surface area contributed by atoms with Gasteiger partial charge in [-0.15, -0.1) is 11.6 Å². The van der Waals surface area contributed by atoms with Crippen molar-refractivity contribution in [1.82, 2.24) is 4.98 Å². The van der Waals surface area contributed by atoms with E-state index in [0.29, 0.717) is 17.6 Å². The molecule has 2 atom stereocenters. The first-order valence-corrected chi connectivity index (χ1v) is 8.92. The second-order valence-corrected chi connectivity index (χ2v) is 7.36. The summed E-state index contributed by atoms with van der Waals surface area (Å²) in [5.41, 5.74) is 0. The van der Waals surface area contributed by atoms with E-state index in [-0.39, 0.29) is 10.9 Å². The summed E-state index contributed by atoms with van der Waals surface area (Å²) in [7, 11) is -3.27. The smallest absolute Gasteiger partial charge is 0.179 e. The van der Waals surface area contributed by atoms with E-state index in [9.17, 15) is 8.42 Å². The van der Waals surface area contributed by atoms with Crippen LogP contribution in [-0.4, -0.2) is 31.6 Å². The molecule has 0 saturated heterocycles. The molecule has 19 heavy (non-hydrogen) atoms. The standard InChI is InChI=1S/C13H19ClN2O2S/c1-19(17,18)12-7-4-8-15-13(12)16-11-6-3-2-5-10(11)9-14/h4,7-8,10-11H,2-3,5-6,9H2,1H3,(H,15,16). The molecule has 106 valence electrons. The second kappa shape index (κ2) is 6.09. The van der Waals surface area contributed by atoms with E-state index in [1.165, 1.54) is 12.7 Å². The fourth-order valence-electron chi connectivity index (χ4n) is 2.56. The highest BCUT2D eigenvalue weighted by molar-refractivity contribution is 7.90. The largest absolute Gasteiger partial charge is 0.366 e. The number of pyridine rings is 1. The molecular formula is C13H19ClN2O2S. The first kappa shape index (κ1) is 14.6. The Kier molecular flexibility index (Phi) is 4.68. The quantitative estimate of drug-likeness (QED) is 0.869. The zero-order valence-electron chi connectivity index (χ0n) is 11.0. The Morgan fingerprint density at radius 1 is 1.42 bits per heavy atom. The number of aromatic nitrogens is 1. The number of alkyl halides is 1. The Morgan fingerprint density at radius 2 is 2.16 bits per heavy atom. The number of halogens is 1. The molecule has 1 aromatic heterocycles. The van der Waals surface area contributed by atoms with Gasteiger partial charge in [-0.25, -0.2) is 13.4 Å². The molecule has 1 saturated carbocycles. The molecule has 0 aliphatic heterocycles. The van der Waals surface area contributed by atoms with Crippen molar-refractivity contribution < 1.29 is 8.42 Å². The number of anilines is 1. The average molecular weight is 303 g/mol. The van der Waals surface area contributed by atoms with Gasteiger partial charge in [-0.2, -0.15) is 0 Å². The lowest BCUT2D eigenvalue weighted by atomic mass is 9.86. The zero-order valence-corrected chi connectivity index (χ0v) is 12.5. The van der Waals surface area contributed by atoms with Crippen LogP contribution in [0.25, 0.3) is 0 Å². The van der Waals surface area contributed by atoms with Crippen LogP contribution in [0.15, 0.2) is 23.2 Å². The molecular weight excluding hydrogens is 284 g/mol. The number of rotatable bonds is 4. The predicted molar refractivity (Wildman–Crippen MR) is 77.4 cm³/mol. The monoisotopic (exact) mass is 302 g/mol. The minimum absolute atomic E-state index is 0.210. The van der Waals surface area contributed by atoms with Gasteiger partial charge in [0.05, 0.1) is 0 Å². The van der Waals surface area contributed by atoms with E-state index in [0.717, 1.165) is 19.3 Å². The highest BCUT2D eigenvalue weighted by atomic mass is 35.5. The van der Waals surface area contributed by atoms with E-state index in [2.05, 4.69) is 10.3 Å². The van der Waals surface area contributed by atoms with Gasteiger partial charge < -0.3 is 5.32 Å². The Labute approximate surface area is 119 Å². The van der Waals surface area contributed by atoms with Gasteiger partial charge >= 0.3 is 0 Å². The number of nitrogens with one attached hydrogen (secondary N) is 1. The molecule has 6 heteroatoms. The topological polar surface area (TPSA) is 59.1 Å². The molecule has 2 unspecified atom stereocenters. The predicted octanol–water partition coefficient (Wildman–Crippen LogP) is 2.69. The second-order valence-electron chi connectivity index (χ2n) is 5.07. The van der Waals surface area contributed by atoms with E-state index in [1.54, 1.807) is 18.3 Å². The molecule has 0 aromatic carbocycles. The summed E-state index contributed by atoms with van der Waals surface area (Å²) in [5.74, 6) is 1.43. The van der Waals surface area contributed by atoms with Crippen molar-refractivity contribution in [2.45, 2.75) is 36.6 Å². The Morgan fingerprint density at radius 3 is 2.84 bits per heavy atom. The molecule has 1 aliphatic carbocycles. The van der Waals surface area contributed by atoms with Crippen LogP contribution in [0.3, 0.4) is 0 Å². The minimum Gasteiger partial charge on any atom is -0.366 e. The lowest BCUT2D eigenvalue weighted by Gasteiger charge is -2.31. The van der Waals surface area contributed by atoms with Crippen LogP contribution in [0.2, 0.25) is 0 Å². The Balaban J connectivity index is 2.23. The van der Waals surface area contributed by atoms with E-state index in [4.69, 9.17) is 11.6 Å². The number of hydrogen-bond acceptors (Lipinski definition) is 4. The van der Waals surface area contributed by atoms with Crippen LogP contribution < -0.4 is 5.32 Å². The van der Waals surface area contributed by atoms with Crippen molar-refractivity contribution in [2.24, 2.45) is 5.92 Å². The van der Waals surface area contributed by atoms with E-state index in [1.807, 2.05) is 0 Å². The van der Waals surface area contributed by atoms with Gasteiger partial charge in [0.15, 0.2) is 9.84 Å². The van der Waals surface area contributed by atoms with Gasteiger partial charge in [0.25, 0.3) is 0 Å². The third-order valence-electron chi connectivity index (χ3n) is 3.60. The summed E-state index contributed by atoms with van der Waals surface area (Å²) >= 11 is 5.99. The summed E-state index contributed by atoms with van der Waals surface area (Å²) in [5, 5.41) is 3.28. The molecule has 1 N–H and O–H groups in total. The van der Waals surface area contributed by atoms with Crippen molar-refractivity contribution in [3.05, 3.63) is 18.3 Å². The minimum atomic E-state index is -3.27. The van der Waals surface area contributed by atoms with Crippen LogP contribution in [0, 0.1) is 5.92 Å². The van der Waals surface area contributed by atoms with Crippen LogP contribution in [0.5, 0.6) is 0 Å². The molecule has 0 spiro atoms. The van der Waals surface area contributed by atoms with Crippen LogP contribution in [-0.2, 0) is 9.84 Å². The Bertz CT molecular complexity index is 533. The number of sulfone groups is 1. The van der Waals surface area contributed by atoms with Gasteiger partial charge in [-0.05, 0) is 30.9 Å². The molecule has 2 rings (SSSR count). The summed E-state index contributed by atoms with van der Waals surface area (Å²) in [6.45, 7) is 0. The lowest BCUT2D eigenvalue weighted by Crippen LogP contribution is -2.34. The molecule has 1 heterocycles. The van der Waals surface area contributed by atoms with Gasteiger partial charge in [-0.3, -0.25) is 0 Å². The first-order chi connectivity index (χ1) is 9.02. The van der Waals surface area contributed by atoms with Gasteiger partial charge in [0.2, 0.25) is 0 Å². The molecule has 1 fully saturated rings. The van der Waals surface area contributed by atoms with Crippen molar-refractivity contribution in [1.29, 1.82) is 0 Å². The number of hydrogen-bond donors (Lipinski definition) is 1. The van der Waals surface area contributed by atoms with Crippen molar-refractivity contribution in [2.75, 3.05) is 17.5 Å². The summed E-state index contributed by atoms with van der Waals surface area (Å²) in [4.78, 5) is 4.43. The SMILES string of the molecule is CS(=O)(=O)c1cccnc1NC1CCCCC1CCl. The van der Waals surface area contributed by atoms with E-state index >= 15 is 0 Å². The third-order valence-corrected chi connectivity index (χ3v) is 5.12.